The molecule has 0 saturated heterocycles. The normalized spacial score (nSPS) is 11.7. The zero-order chi connectivity index (χ0) is 21.5. The zero-order valence-corrected chi connectivity index (χ0v) is 15.6. The molecule has 10 heteroatoms. The van der Waals surface area contributed by atoms with Crippen molar-refractivity contribution in [2.24, 2.45) is 0 Å². The zero-order valence-electron chi connectivity index (χ0n) is 15.6. The summed E-state index contributed by atoms with van der Waals surface area (Å²) in [6.07, 6.45) is -3.07. The minimum Gasteiger partial charge on any atom is -0.467 e. The minimum atomic E-state index is -4.53. The molecule has 1 amide bonds. The highest BCUT2D eigenvalue weighted by atomic mass is 19.4. The summed E-state index contributed by atoms with van der Waals surface area (Å²) in [5.41, 5.74) is -0.586. The number of carbonyl (C=O) groups excluding carboxylic acids is 1. The van der Waals surface area contributed by atoms with E-state index < -0.39 is 23.2 Å². The number of alkyl halides is 3. The van der Waals surface area contributed by atoms with Crippen LogP contribution in [0.25, 0.3) is 11.0 Å². The molecule has 0 saturated carbocycles. The molecule has 4 aromatic rings. The monoisotopic (exact) mass is 416 g/mol. The van der Waals surface area contributed by atoms with Crippen LogP contribution in [0.5, 0.6) is 0 Å². The van der Waals surface area contributed by atoms with Gasteiger partial charge in [0.2, 0.25) is 5.95 Å². The summed E-state index contributed by atoms with van der Waals surface area (Å²) in [6.45, 7) is 1.79. The lowest BCUT2D eigenvalue weighted by atomic mass is 10.2. The maximum atomic E-state index is 13.1. The molecule has 7 nitrogen and oxygen atoms in total. The van der Waals surface area contributed by atoms with Crippen molar-refractivity contribution < 1.29 is 22.4 Å². The topological polar surface area (TPSA) is 92.9 Å². The number of amides is 1. The highest BCUT2D eigenvalue weighted by Gasteiger charge is 2.31. The van der Waals surface area contributed by atoms with E-state index >= 15 is 0 Å². The molecule has 30 heavy (non-hydrogen) atoms. The number of pyridine rings is 1. The van der Waals surface area contributed by atoms with E-state index in [9.17, 15) is 22.8 Å². The van der Waals surface area contributed by atoms with Crippen LogP contribution >= 0.6 is 0 Å². The Morgan fingerprint density at radius 2 is 2.03 bits per heavy atom. The first kappa shape index (κ1) is 19.5. The molecule has 0 bridgehead atoms. The van der Waals surface area contributed by atoms with Crippen LogP contribution in [0.4, 0.5) is 19.1 Å². The third kappa shape index (κ3) is 3.71. The van der Waals surface area contributed by atoms with Crippen molar-refractivity contribution in [2.75, 3.05) is 5.32 Å². The third-order valence-electron chi connectivity index (χ3n) is 4.49. The number of H-pyrrole nitrogens is 1. The number of halogens is 3. The van der Waals surface area contributed by atoms with Crippen LogP contribution in [0.15, 0.2) is 57.9 Å². The van der Waals surface area contributed by atoms with Gasteiger partial charge < -0.3 is 14.0 Å². The standard InChI is InChI=1S/C20H15F3N4O3/c1-11-4-6-14(17(28)24-11)18(29)26-19-25-15-9-12(20(21,22)23)5-7-16(15)27(19)10-13-3-2-8-30-13/h2-9H,10H2,1H3,(H,24,28)(H,25,26,29). The van der Waals surface area contributed by atoms with Gasteiger partial charge in [0.15, 0.2) is 0 Å². The SMILES string of the molecule is Cc1ccc(C(=O)Nc2nc3cc(C(F)(F)F)ccc3n2Cc2ccco2)c(=O)[nH]1. The number of imidazole rings is 1. The number of aryl methyl sites for hydroxylation is 1. The summed E-state index contributed by atoms with van der Waals surface area (Å²) in [7, 11) is 0. The number of carbonyl (C=O) groups is 1. The lowest BCUT2D eigenvalue weighted by Crippen LogP contribution is -2.24. The Balaban J connectivity index is 1.78. The Labute approximate surface area is 167 Å². The number of aromatic nitrogens is 3. The number of nitrogens with zero attached hydrogens (tertiary/aromatic N) is 2. The summed E-state index contributed by atoms with van der Waals surface area (Å²) >= 11 is 0. The Kier molecular flexibility index (Phi) is 4.69. The van der Waals surface area contributed by atoms with E-state index in [4.69, 9.17) is 4.42 Å². The van der Waals surface area contributed by atoms with Crippen molar-refractivity contribution in [3.63, 3.8) is 0 Å². The van der Waals surface area contributed by atoms with Crippen LogP contribution in [0.2, 0.25) is 0 Å². The van der Waals surface area contributed by atoms with Gasteiger partial charge in [0.05, 0.1) is 29.4 Å². The molecule has 0 aliphatic heterocycles. The van der Waals surface area contributed by atoms with Gasteiger partial charge in [0.1, 0.15) is 11.3 Å². The average Bonchev–Trinajstić information content (AvgIpc) is 3.29. The summed E-state index contributed by atoms with van der Waals surface area (Å²) < 4.78 is 46.1. The van der Waals surface area contributed by atoms with E-state index in [1.54, 1.807) is 25.1 Å². The van der Waals surface area contributed by atoms with Gasteiger partial charge in [-0.3, -0.25) is 14.9 Å². The van der Waals surface area contributed by atoms with Gasteiger partial charge in [0.25, 0.3) is 11.5 Å². The molecule has 1 aromatic carbocycles. The largest absolute Gasteiger partial charge is 0.467 e. The Hall–Kier alpha value is -3.82. The van der Waals surface area contributed by atoms with E-state index in [1.807, 2.05) is 0 Å². The maximum Gasteiger partial charge on any atom is 0.416 e. The Bertz CT molecular complexity index is 1290. The van der Waals surface area contributed by atoms with Gasteiger partial charge in [-0.2, -0.15) is 13.2 Å². The smallest absolute Gasteiger partial charge is 0.416 e. The fourth-order valence-electron chi connectivity index (χ4n) is 3.04. The number of hydrogen-bond acceptors (Lipinski definition) is 4. The van der Waals surface area contributed by atoms with Crippen LogP contribution in [0, 0.1) is 6.92 Å². The number of aromatic amines is 1. The number of hydrogen-bond donors (Lipinski definition) is 2. The summed E-state index contributed by atoms with van der Waals surface area (Å²) in [6, 6.07) is 9.42. The molecule has 0 spiro atoms. The third-order valence-corrected chi connectivity index (χ3v) is 4.49. The highest BCUT2D eigenvalue weighted by Crippen LogP contribution is 2.32. The second-order valence-electron chi connectivity index (χ2n) is 6.64. The molecule has 0 aliphatic carbocycles. The molecule has 3 aromatic heterocycles. The Morgan fingerprint density at radius 1 is 1.23 bits per heavy atom. The van der Waals surface area contributed by atoms with Gasteiger partial charge in [-0.1, -0.05) is 0 Å². The first-order chi connectivity index (χ1) is 14.2. The second-order valence-corrected chi connectivity index (χ2v) is 6.64. The maximum absolute atomic E-state index is 13.1. The quantitative estimate of drug-likeness (QED) is 0.527. The van der Waals surface area contributed by atoms with E-state index in [0.717, 1.165) is 12.1 Å². The fourth-order valence-corrected chi connectivity index (χ4v) is 3.04. The van der Waals surface area contributed by atoms with Crippen LogP contribution in [-0.2, 0) is 12.7 Å². The van der Waals surface area contributed by atoms with Gasteiger partial charge in [-0.15, -0.1) is 0 Å². The summed E-state index contributed by atoms with van der Waals surface area (Å²) in [4.78, 5) is 31.4. The van der Waals surface area contributed by atoms with Gasteiger partial charge in [-0.05, 0) is 49.4 Å². The van der Waals surface area contributed by atoms with Crippen molar-refractivity contribution in [3.05, 3.63) is 81.7 Å². The van der Waals surface area contributed by atoms with Crippen LogP contribution in [0.3, 0.4) is 0 Å². The van der Waals surface area contributed by atoms with Crippen molar-refractivity contribution in [3.8, 4) is 0 Å². The fraction of sp³-hybridized carbons (Fsp3) is 0.150. The second kappa shape index (κ2) is 7.21. The van der Waals surface area contributed by atoms with Gasteiger partial charge >= 0.3 is 6.18 Å². The first-order valence-electron chi connectivity index (χ1n) is 8.83. The summed E-state index contributed by atoms with van der Waals surface area (Å²) in [5, 5.41) is 2.52. The van der Waals surface area contributed by atoms with Crippen LogP contribution in [0.1, 0.15) is 27.4 Å². The number of fused-ring (bicyclic) bond motifs is 1. The molecule has 2 N–H and O–H groups in total. The van der Waals surface area contributed by atoms with Crippen molar-refractivity contribution in [1.29, 1.82) is 0 Å². The molecule has 0 atom stereocenters. The molecule has 0 fully saturated rings. The summed E-state index contributed by atoms with van der Waals surface area (Å²) in [5.74, 6) is -0.230. The lowest BCUT2D eigenvalue weighted by molar-refractivity contribution is -0.137. The van der Waals surface area contributed by atoms with E-state index in [2.05, 4.69) is 15.3 Å². The molecule has 0 aliphatic rings. The van der Waals surface area contributed by atoms with E-state index in [1.165, 1.54) is 23.0 Å². The minimum absolute atomic E-state index is 0.00861. The number of benzene rings is 1. The first-order valence-corrected chi connectivity index (χ1v) is 8.83. The van der Waals surface area contributed by atoms with E-state index in [-0.39, 0.29) is 23.6 Å². The molecule has 0 unspecified atom stereocenters. The average molecular weight is 416 g/mol. The predicted octanol–water partition coefficient (Wildman–Crippen LogP) is 3.95. The molecule has 0 radical (unpaired) electrons. The van der Waals surface area contributed by atoms with Crippen LogP contribution < -0.4 is 10.9 Å². The van der Waals surface area contributed by atoms with Gasteiger partial charge in [0, 0.05) is 5.69 Å². The molecule has 4 rings (SSSR count). The molecular weight excluding hydrogens is 401 g/mol. The number of rotatable bonds is 4. The van der Waals surface area contributed by atoms with Crippen molar-refractivity contribution in [1.82, 2.24) is 14.5 Å². The Morgan fingerprint density at radius 3 is 2.70 bits per heavy atom. The lowest BCUT2D eigenvalue weighted by Gasteiger charge is -2.09. The number of furan rings is 1. The van der Waals surface area contributed by atoms with Crippen LogP contribution in [-0.4, -0.2) is 20.4 Å². The highest BCUT2D eigenvalue weighted by molar-refractivity contribution is 6.03. The van der Waals surface area contributed by atoms with Crippen molar-refractivity contribution in [2.45, 2.75) is 19.6 Å². The predicted molar refractivity (Wildman–Crippen MR) is 102 cm³/mol. The van der Waals surface area contributed by atoms with Gasteiger partial charge in [-0.25, -0.2) is 4.98 Å². The molecule has 3 heterocycles. The number of anilines is 1. The van der Waals surface area contributed by atoms with E-state index in [0.29, 0.717) is 17.0 Å². The van der Waals surface area contributed by atoms with Crippen molar-refractivity contribution >= 4 is 22.9 Å². The molecular formula is C20H15F3N4O3. The number of nitrogens with one attached hydrogen (secondary N) is 2. The molecule has 154 valence electrons.